The van der Waals surface area contributed by atoms with Crippen molar-refractivity contribution in [3.63, 3.8) is 0 Å². The van der Waals surface area contributed by atoms with Crippen molar-refractivity contribution in [2.45, 2.75) is 12.2 Å². The van der Waals surface area contributed by atoms with Crippen LogP contribution in [0.5, 0.6) is 11.5 Å². The van der Waals surface area contributed by atoms with E-state index in [-0.39, 0.29) is 0 Å². The first-order valence-corrected chi connectivity index (χ1v) is 9.14. The minimum atomic E-state index is -0.875. The second-order valence-electron chi connectivity index (χ2n) is 6.22. The highest BCUT2D eigenvalue weighted by atomic mass is 35.5. The van der Waals surface area contributed by atoms with Crippen molar-refractivity contribution in [3.8, 4) is 11.5 Å². The molecule has 0 spiro atoms. The largest absolute Gasteiger partial charge is 0.477 e. The molecule has 1 aliphatic rings. The number of amides is 1. The van der Waals surface area contributed by atoms with E-state index in [0.29, 0.717) is 16.5 Å². The number of rotatable bonds is 4. The lowest BCUT2D eigenvalue weighted by Crippen LogP contribution is -2.44. The number of benzene rings is 3. The number of carbonyl (C=O) groups is 1. The Labute approximate surface area is 167 Å². The molecule has 28 heavy (non-hydrogen) atoms. The fourth-order valence-electron chi connectivity index (χ4n) is 2.90. The smallest absolute Gasteiger partial charge is 0.285 e. The number of nitrogens with zero attached hydrogens (tertiary/aromatic N) is 1. The van der Waals surface area contributed by atoms with Gasteiger partial charge in [0.2, 0.25) is 6.10 Å². The highest BCUT2D eigenvalue weighted by molar-refractivity contribution is 6.30. The molecule has 0 unspecified atom stereocenters. The summed E-state index contributed by atoms with van der Waals surface area (Å²) < 4.78 is 12.0. The van der Waals surface area contributed by atoms with Crippen LogP contribution in [0, 0.1) is 0 Å². The molecule has 1 N–H and O–H groups in total. The van der Waals surface area contributed by atoms with Crippen molar-refractivity contribution in [2.75, 3.05) is 0 Å². The molecule has 2 atom stereocenters. The molecule has 1 aliphatic heterocycles. The first-order valence-electron chi connectivity index (χ1n) is 8.76. The number of carbonyl (C=O) groups excluding carboxylic acids is 1. The van der Waals surface area contributed by atoms with Crippen LogP contribution in [-0.4, -0.2) is 18.2 Å². The molecular formula is C22H17ClN2O3. The van der Waals surface area contributed by atoms with Gasteiger partial charge in [0.15, 0.2) is 17.6 Å². The van der Waals surface area contributed by atoms with E-state index in [4.69, 9.17) is 21.1 Å². The Kier molecular flexibility index (Phi) is 5.26. The zero-order chi connectivity index (χ0) is 19.3. The summed E-state index contributed by atoms with van der Waals surface area (Å²) in [4.78, 5) is 12.8. The predicted octanol–water partition coefficient (Wildman–Crippen LogP) is 4.37. The van der Waals surface area contributed by atoms with E-state index >= 15 is 0 Å². The van der Waals surface area contributed by atoms with Gasteiger partial charge >= 0.3 is 0 Å². The van der Waals surface area contributed by atoms with Crippen LogP contribution in [-0.2, 0) is 4.79 Å². The Morgan fingerprint density at radius 3 is 2.25 bits per heavy atom. The van der Waals surface area contributed by atoms with Gasteiger partial charge in [0.1, 0.15) is 0 Å². The van der Waals surface area contributed by atoms with E-state index in [1.54, 1.807) is 36.5 Å². The van der Waals surface area contributed by atoms with Gasteiger partial charge in [-0.3, -0.25) is 4.79 Å². The van der Waals surface area contributed by atoms with Crippen LogP contribution in [0.2, 0.25) is 5.02 Å². The average Bonchev–Trinajstić information content (AvgIpc) is 2.75. The Hall–Kier alpha value is -3.31. The van der Waals surface area contributed by atoms with Gasteiger partial charge in [0.25, 0.3) is 5.91 Å². The van der Waals surface area contributed by atoms with E-state index in [1.165, 1.54) is 0 Å². The van der Waals surface area contributed by atoms with E-state index in [2.05, 4.69) is 10.5 Å². The fourth-order valence-corrected chi connectivity index (χ4v) is 3.03. The molecule has 0 fully saturated rings. The van der Waals surface area contributed by atoms with Gasteiger partial charge in [0, 0.05) is 5.02 Å². The van der Waals surface area contributed by atoms with Crippen LogP contribution in [0.1, 0.15) is 17.2 Å². The summed E-state index contributed by atoms with van der Waals surface area (Å²) in [6, 6.07) is 23.9. The summed E-state index contributed by atoms with van der Waals surface area (Å²) in [6.45, 7) is 0. The summed E-state index contributed by atoms with van der Waals surface area (Å²) in [5.41, 5.74) is 4.20. The van der Waals surface area contributed by atoms with E-state index < -0.39 is 18.1 Å². The Morgan fingerprint density at radius 1 is 0.893 bits per heavy atom. The van der Waals surface area contributed by atoms with Gasteiger partial charge in [0.05, 0.1) is 6.21 Å². The van der Waals surface area contributed by atoms with Crippen LogP contribution in [0.25, 0.3) is 0 Å². The minimum absolute atomic E-state index is 0.395. The lowest BCUT2D eigenvalue weighted by molar-refractivity contribution is -0.134. The highest BCUT2D eigenvalue weighted by Crippen LogP contribution is 2.39. The number of fused-ring (bicyclic) bond motifs is 1. The first kappa shape index (κ1) is 18.1. The fraction of sp³-hybridized carbons (Fsp3) is 0.0909. The maximum Gasteiger partial charge on any atom is 0.285 e. The standard InChI is InChI=1S/C22H17ClN2O3/c23-17-12-10-15(11-13-17)14-24-25-22(26)21-20(16-6-2-1-3-7-16)27-18-8-4-5-9-19(18)28-21/h1-14,20-21H,(H,25,26)/b24-14-/t20-,21+/m0/s1. The highest BCUT2D eigenvalue weighted by Gasteiger charge is 2.38. The number of hydrogen-bond donors (Lipinski definition) is 1. The second kappa shape index (κ2) is 8.15. The van der Waals surface area contributed by atoms with Crippen molar-refractivity contribution in [1.82, 2.24) is 5.43 Å². The maximum atomic E-state index is 12.8. The van der Waals surface area contributed by atoms with Gasteiger partial charge in [-0.1, -0.05) is 66.2 Å². The summed E-state index contributed by atoms with van der Waals surface area (Å²) in [6.07, 6.45) is 0.0881. The van der Waals surface area contributed by atoms with Crippen LogP contribution in [0.3, 0.4) is 0 Å². The molecule has 0 aromatic heterocycles. The first-order chi connectivity index (χ1) is 13.7. The third-order valence-electron chi connectivity index (χ3n) is 4.28. The van der Waals surface area contributed by atoms with E-state index in [9.17, 15) is 4.79 Å². The molecule has 3 aromatic rings. The zero-order valence-corrected chi connectivity index (χ0v) is 15.5. The molecule has 0 saturated heterocycles. The molecule has 0 aliphatic carbocycles. The van der Waals surface area contributed by atoms with Gasteiger partial charge in [-0.25, -0.2) is 5.43 Å². The van der Waals surface area contributed by atoms with E-state index in [0.717, 1.165) is 11.1 Å². The second-order valence-corrected chi connectivity index (χ2v) is 6.66. The molecule has 140 valence electrons. The lowest BCUT2D eigenvalue weighted by atomic mass is 10.0. The number of nitrogens with one attached hydrogen (secondary N) is 1. The molecule has 5 nitrogen and oxygen atoms in total. The predicted molar refractivity (Wildman–Crippen MR) is 108 cm³/mol. The molecule has 4 rings (SSSR count). The summed E-state index contributed by atoms with van der Waals surface area (Å²) >= 11 is 5.87. The molecule has 6 heteroatoms. The molecule has 3 aromatic carbocycles. The Morgan fingerprint density at radius 2 is 1.54 bits per heavy atom. The van der Waals surface area contributed by atoms with E-state index in [1.807, 2.05) is 48.5 Å². The molecule has 0 radical (unpaired) electrons. The minimum Gasteiger partial charge on any atom is -0.477 e. The van der Waals surface area contributed by atoms with Crippen molar-refractivity contribution >= 4 is 23.7 Å². The molecule has 0 bridgehead atoms. The normalized spacial score (nSPS) is 18.0. The number of halogens is 1. The third kappa shape index (κ3) is 4.00. The number of hydrazone groups is 1. The van der Waals surface area contributed by atoms with Crippen LogP contribution < -0.4 is 14.9 Å². The monoisotopic (exact) mass is 392 g/mol. The van der Waals surface area contributed by atoms with Gasteiger partial charge in [-0.15, -0.1) is 0 Å². The molecular weight excluding hydrogens is 376 g/mol. The van der Waals surface area contributed by atoms with Gasteiger partial charge in [-0.05, 0) is 35.4 Å². The lowest BCUT2D eigenvalue weighted by Gasteiger charge is -2.32. The van der Waals surface area contributed by atoms with Crippen molar-refractivity contribution in [1.29, 1.82) is 0 Å². The van der Waals surface area contributed by atoms with Crippen LogP contribution in [0.15, 0.2) is 84.0 Å². The average molecular weight is 393 g/mol. The Bertz CT molecular complexity index is 990. The number of para-hydroxylation sites is 2. The quantitative estimate of drug-likeness (QED) is 0.529. The number of hydrogen-bond acceptors (Lipinski definition) is 4. The number of ether oxygens (including phenoxy) is 2. The van der Waals surface area contributed by atoms with Gasteiger partial charge in [-0.2, -0.15) is 5.10 Å². The van der Waals surface area contributed by atoms with Crippen molar-refractivity contribution in [2.24, 2.45) is 5.10 Å². The molecule has 1 heterocycles. The topological polar surface area (TPSA) is 59.9 Å². The third-order valence-corrected chi connectivity index (χ3v) is 4.53. The molecule has 0 saturated carbocycles. The van der Waals surface area contributed by atoms with Crippen LogP contribution >= 0.6 is 11.6 Å². The zero-order valence-electron chi connectivity index (χ0n) is 14.8. The summed E-state index contributed by atoms with van der Waals surface area (Å²) in [5, 5.41) is 4.66. The van der Waals surface area contributed by atoms with Crippen molar-refractivity contribution < 1.29 is 14.3 Å². The molecule has 1 amide bonds. The maximum absolute atomic E-state index is 12.8. The van der Waals surface area contributed by atoms with Crippen molar-refractivity contribution in [3.05, 3.63) is 95.0 Å². The Balaban J connectivity index is 1.54. The summed E-state index contributed by atoms with van der Waals surface area (Å²) in [5.74, 6) is 0.732. The summed E-state index contributed by atoms with van der Waals surface area (Å²) in [7, 11) is 0. The van der Waals surface area contributed by atoms with Crippen LogP contribution in [0.4, 0.5) is 0 Å². The SMILES string of the molecule is O=C(N/N=C\c1ccc(Cl)cc1)[C@@H]1Oc2ccccc2O[C@H]1c1ccccc1. The van der Waals surface area contributed by atoms with Gasteiger partial charge < -0.3 is 9.47 Å².